The topological polar surface area (TPSA) is 47.7 Å². The zero-order valence-corrected chi connectivity index (χ0v) is 16.9. The van der Waals surface area contributed by atoms with Crippen molar-refractivity contribution in [2.75, 3.05) is 27.3 Å². The molecule has 0 amide bonds. The van der Waals surface area contributed by atoms with Gasteiger partial charge in [-0.3, -0.25) is 0 Å². The molecule has 2 N–H and O–H groups in total. The molecule has 0 aromatic heterocycles. The normalized spacial score (nSPS) is 13.8. The molecule has 4 nitrogen and oxygen atoms in total. The van der Waals surface area contributed by atoms with Gasteiger partial charge in [0.15, 0.2) is 0 Å². The molecule has 0 aliphatic rings. The third-order valence-electron chi connectivity index (χ3n) is 4.66. The van der Waals surface area contributed by atoms with E-state index < -0.39 is 0 Å². The summed E-state index contributed by atoms with van der Waals surface area (Å²) in [6, 6.07) is 20.6. The molecule has 2 rings (SSSR count). The Kier molecular flexibility index (Phi) is 10.1. The molecule has 0 bridgehead atoms. The molecule has 0 fully saturated rings. The van der Waals surface area contributed by atoms with Gasteiger partial charge in [-0.25, -0.2) is 0 Å². The SMILES string of the molecule is COC(CCN)C(CCN(C=Cc1ccccc1)C=Cc1ccccc1)OC. The van der Waals surface area contributed by atoms with Gasteiger partial charge in [0.1, 0.15) is 0 Å². The van der Waals surface area contributed by atoms with Gasteiger partial charge in [-0.2, -0.15) is 0 Å². The van der Waals surface area contributed by atoms with Crippen molar-refractivity contribution in [2.45, 2.75) is 25.0 Å². The molecule has 0 heterocycles. The molecule has 2 aromatic carbocycles. The van der Waals surface area contributed by atoms with Crippen molar-refractivity contribution in [3.8, 4) is 0 Å². The lowest BCUT2D eigenvalue weighted by molar-refractivity contribution is -0.0431. The maximum absolute atomic E-state index is 5.71. The van der Waals surface area contributed by atoms with E-state index in [9.17, 15) is 0 Å². The fourth-order valence-corrected chi connectivity index (χ4v) is 3.04. The van der Waals surface area contributed by atoms with E-state index in [2.05, 4.69) is 53.7 Å². The third kappa shape index (κ3) is 7.69. The smallest absolute Gasteiger partial charge is 0.0850 e. The fraction of sp³-hybridized carbons (Fsp3) is 0.333. The number of ether oxygens (including phenoxy) is 2. The molecular formula is C24H32N2O2. The van der Waals surface area contributed by atoms with Crippen LogP contribution in [0.15, 0.2) is 73.1 Å². The summed E-state index contributed by atoms with van der Waals surface area (Å²) in [6.45, 7) is 1.40. The van der Waals surface area contributed by atoms with Crippen molar-refractivity contribution in [1.29, 1.82) is 0 Å². The summed E-state index contributed by atoms with van der Waals surface area (Å²) in [6.07, 6.45) is 10.1. The number of hydrogen-bond acceptors (Lipinski definition) is 4. The summed E-state index contributed by atoms with van der Waals surface area (Å²) in [4.78, 5) is 2.18. The molecular weight excluding hydrogens is 348 g/mol. The highest BCUT2D eigenvalue weighted by molar-refractivity contribution is 5.51. The molecule has 2 unspecified atom stereocenters. The zero-order chi connectivity index (χ0) is 20.0. The Bertz CT molecular complexity index is 652. The molecule has 0 aliphatic carbocycles. The second kappa shape index (κ2) is 12.9. The van der Waals surface area contributed by atoms with Gasteiger partial charge >= 0.3 is 0 Å². The fourth-order valence-electron chi connectivity index (χ4n) is 3.04. The first-order valence-electron chi connectivity index (χ1n) is 9.74. The van der Waals surface area contributed by atoms with Crippen LogP contribution in [0.5, 0.6) is 0 Å². The van der Waals surface area contributed by atoms with Gasteiger partial charge in [0, 0.05) is 33.2 Å². The molecule has 0 saturated carbocycles. The Labute approximate surface area is 169 Å². The standard InChI is InChI=1S/C24H32N2O2/c1-27-23(13-17-25)24(28-2)16-20-26(18-14-21-9-5-3-6-10-21)19-15-22-11-7-4-8-12-22/h3-12,14-15,18-19,23-24H,13,16-17,20,25H2,1-2H3. The lowest BCUT2D eigenvalue weighted by Crippen LogP contribution is -2.34. The van der Waals surface area contributed by atoms with Crippen molar-refractivity contribution >= 4 is 12.2 Å². The van der Waals surface area contributed by atoms with Crippen LogP contribution in [0.3, 0.4) is 0 Å². The van der Waals surface area contributed by atoms with Crippen LogP contribution in [0.2, 0.25) is 0 Å². The van der Waals surface area contributed by atoms with Gasteiger partial charge in [0.05, 0.1) is 12.2 Å². The average Bonchev–Trinajstić information content (AvgIpc) is 2.76. The van der Waals surface area contributed by atoms with Gasteiger partial charge < -0.3 is 20.1 Å². The van der Waals surface area contributed by atoms with E-state index in [1.165, 1.54) is 11.1 Å². The predicted molar refractivity (Wildman–Crippen MR) is 118 cm³/mol. The van der Waals surface area contributed by atoms with Crippen LogP contribution >= 0.6 is 0 Å². The van der Waals surface area contributed by atoms with Crippen LogP contribution in [-0.4, -0.2) is 44.4 Å². The maximum Gasteiger partial charge on any atom is 0.0850 e. The second-order valence-electron chi connectivity index (χ2n) is 6.61. The Morgan fingerprint density at radius 1 is 0.786 bits per heavy atom. The quantitative estimate of drug-likeness (QED) is 0.593. The van der Waals surface area contributed by atoms with Gasteiger partial charge in [-0.15, -0.1) is 0 Å². The van der Waals surface area contributed by atoms with Crippen LogP contribution < -0.4 is 5.73 Å². The molecule has 4 heteroatoms. The minimum absolute atomic E-state index is 0.00583. The lowest BCUT2D eigenvalue weighted by Gasteiger charge is -2.26. The van der Waals surface area contributed by atoms with Crippen molar-refractivity contribution in [1.82, 2.24) is 4.90 Å². The molecule has 2 atom stereocenters. The highest BCUT2D eigenvalue weighted by Gasteiger charge is 2.20. The van der Waals surface area contributed by atoms with Crippen LogP contribution in [0.1, 0.15) is 24.0 Å². The third-order valence-corrected chi connectivity index (χ3v) is 4.66. The van der Waals surface area contributed by atoms with E-state index in [1.807, 2.05) is 36.4 Å². The first kappa shape index (κ1) is 21.9. The molecule has 0 saturated heterocycles. The Balaban J connectivity index is 2.08. The van der Waals surface area contributed by atoms with Gasteiger partial charge in [0.2, 0.25) is 0 Å². The van der Waals surface area contributed by atoms with Crippen molar-refractivity contribution in [3.05, 3.63) is 84.2 Å². The van der Waals surface area contributed by atoms with Crippen molar-refractivity contribution in [2.24, 2.45) is 5.73 Å². The lowest BCUT2D eigenvalue weighted by atomic mass is 10.1. The van der Waals surface area contributed by atoms with Crippen LogP contribution in [0.4, 0.5) is 0 Å². The summed E-state index contributed by atoms with van der Waals surface area (Å²) in [7, 11) is 3.45. The van der Waals surface area contributed by atoms with E-state index in [-0.39, 0.29) is 12.2 Å². The van der Waals surface area contributed by atoms with Gasteiger partial charge in [-0.1, -0.05) is 60.7 Å². The molecule has 0 aliphatic heterocycles. The molecule has 2 aromatic rings. The number of rotatable bonds is 12. The van der Waals surface area contributed by atoms with E-state index in [1.54, 1.807) is 14.2 Å². The van der Waals surface area contributed by atoms with Crippen LogP contribution in [0.25, 0.3) is 12.2 Å². The van der Waals surface area contributed by atoms with Crippen LogP contribution in [0, 0.1) is 0 Å². The molecule has 0 radical (unpaired) electrons. The number of nitrogens with two attached hydrogens (primary N) is 1. The number of methoxy groups -OCH3 is 2. The van der Waals surface area contributed by atoms with Crippen LogP contribution in [-0.2, 0) is 9.47 Å². The zero-order valence-electron chi connectivity index (χ0n) is 16.9. The van der Waals surface area contributed by atoms with Crippen molar-refractivity contribution < 1.29 is 9.47 Å². The molecule has 150 valence electrons. The number of nitrogens with zero attached hydrogens (tertiary/aromatic N) is 1. The summed E-state index contributed by atoms with van der Waals surface area (Å²) in [5.74, 6) is 0. The minimum atomic E-state index is 0.00583. The highest BCUT2D eigenvalue weighted by Crippen LogP contribution is 2.13. The van der Waals surface area contributed by atoms with E-state index >= 15 is 0 Å². The highest BCUT2D eigenvalue weighted by atomic mass is 16.5. The Hall–Kier alpha value is -2.40. The second-order valence-corrected chi connectivity index (χ2v) is 6.61. The predicted octanol–water partition coefficient (Wildman–Crippen LogP) is 4.40. The van der Waals surface area contributed by atoms with Gasteiger partial charge in [-0.05, 0) is 42.7 Å². The van der Waals surface area contributed by atoms with Gasteiger partial charge in [0.25, 0.3) is 0 Å². The molecule has 0 spiro atoms. The van der Waals surface area contributed by atoms with E-state index in [0.717, 1.165) is 19.4 Å². The summed E-state index contributed by atoms with van der Waals surface area (Å²) in [5.41, 5.74) is 8.05. The monoisotopic (exact) mass is 380 g/mol. The Morgan fingerprint density at radius 2 is 1.25 bits per heavy atom. The number of benzene rings is 2. The summed E-state index contributed by atoms with van der Waals surface area (Å²) >= 11 is 0. The Morgan fingerprint density at radius 3 is 1.68 bits per heavy atom. The first-order chi connectivity index (χ1) is 13.8. The summed E-state index contributed by atoms with van der Waals surface area (Å²) in [5, 5.41) is 0. The van der Waals surface area contributed by atoms with E-state index in [4.69, 9.17) is 15.2 Å². The average molecular weight is 381 g/mol. The first-order valence-corrected chi connectivity index (χ1v) is 9.74. The van der Waals surface area contributed by atoms with Crippen molar-refractivity contribution in [3.63, 3.8) is 0 Å². The summed E-state index contributed by atoms with van der Waals surface area (Å²) < 4.78 is 11.3. The maximum atomic E-state index is 5.71. The van der Waals surface area contributed by atoms with E-state index in [0.29, 0.717) is 6.54 Å². The minimum Gasteiger partial charge on any atom is -0.379 e. The number of hydrogen-bond donors (Lipinski definition) is 1. The molecule has 28 heavy (non-hydrogen) atoms. The largest absolute Gasteiger partial charge is 0.379 e.